The van der Waals surface area contributed by atoms with E-state index >= 15 is 0 Å². The number of carbonyl (C=O) groups excluding carboxylic acids is 2. The molecule has 2 N–H and O–H groups in total. The summed E-state index contributed by atoms with van der Waals surface area (Å²) in [6, 6.07) is 9.43. The standard InChI is InChI=1S/C33H40Cl2N2O5/c1-31(2)7-9-32(10-8-31)16-22(25(39)12-19-13-26(41-3)27(17-38)42-18-19)29(20-6-11-36-28(35)14-20)33(32)23-5-4-21(34)15-24(23)37-30(33)40/h4-6,11,14-15,19,22,26-27,29,38H,7-10,12-13,16-18H2,1-3H3,(H,37,40)/t19-,22+,26+,27-,29+,33-/m1/s1. The molecule has 42 heavy (non-hydrogen) atoms. The van der Waals surface area contributed by atoms with Gasteiger partial charge in [-0.05, 0) is 90.7 Å². The summed E-state index contributed by atoms with van der Waals surface area (Å²) in [5.41, 5.74) is 1.33. The molecule has 0 bridgehead atoms. The molecule has 0 unspecified atom stereocenters. The van der Waals surface area contributed by atoms with Gasteiger partial charge in [0.2, 0.25) is 5.91 Å². The zero-order valence-corrected chi connectivity index (χ0v) is 26.0. The summed E-state index contributed by atoms with van der Waals surface area (Å²) >= 11 is 12.9. The molecule has 1 saturated heterocycles. The molecule has 3 fully saturated rings. The van der Waals surface area contributed by atoms with Crippen LogP contribution >= 0.6 is 23.2 Å². The van der Waals surface area contributed by atoms with Crippen LogP contribution in [0.3, 0.4) is 0 Å². The summed E-state index contributed by atoms with van der Waals surface area (Å²) in [6.07, 6.45) is 6.26. The minimum atomic E-state index is -0.950. The van der Waals surface area contributed by atoms with Crippen molar-refractivity contribution < 1.29 is 24.2 Å². The van der Waals surface area contributed by atoms with Gasteiger partial charge >= 0.3 is 0 Å². The molecule has 2 saturated carbocycles. The van der Waals surface area contributed by atoms with E-state index < -0.39 is 22.7 Å². The van der Waals surface area contributed by atoms with Gasteiger partial charge in [-0.15, -0.1) is 0 Å². The molecule has 1 amide bonds. The fourth-order valence-electron chi connectivity index (χ4n) is 8.78. The Bertz CT molecular complexity index is 1370. The predicted molar refractivity (Wildman–Crippen MR) is 162 cm³/mol. The summed E-state index contributed by atoms with van der Waals surface area (Å²) in [6.45, 7) is 4.86. The van der Waals surface area contributed by atoms with Crippen molar-refractivity contribution in [1.82, 2.24) is 4.98 Å². The molecule has 2 aromatic rings. The number of rotatable bonds is 6. The van der Waals surface area contributed by atoms with E-state index in [1.54, 1.807) is 13.3 Å². The number of methoxy groups -OCH3 is 1. The number of aliphatic hydroxyl groups excluding tert-OH is 1. The Morgan fingerprint density at radius 1 is 1.17 bits per heavy atom. The summed E-state index contributed by atoms with van der Waals surface area (Å²) < 4.78 is 11.5. The number of nitrogens with zero attached hydrogens (tertiary/aromatic N) is 1. The van der Waals surface area contributed by atoms with Crippen molar-refractivity contribution in [2.45, 2.75) is 82.3 Å². The zero-order chi connectivity index (χ0) is 29.9. The Labute approximate surface area is 257 Å². The smallest absolute Gasteiger partial charge is 0.236 e. The molecule has 2 spiro atoms. The number of halogens is 2. The van der Waals surface area contributed by atoms with E-state index in [1.165, 1.54) is 0 Å². The number of amides is 1. The van der Waals surface area contributed by atoms with Gasteiger partial charge < -0.3 is 19.9 Å². The second kappa shape index (κ2) is 11.2. The maximum Gasteiger partial charge on any atom is 0.236 e. The molecule has 1 aromatic heterocycles. The van der Waals surface area contributed by atoms with Crippen molar-refractivity contribution in [3.8, 4) is 0 Å². The van der Waals surface area contributed by atoms with Gasteiger partial charge in [0.25, 0.3) is 0 Å². The number of ketones is 1. The molecule has 9 heteroatoms. The van der Waals surface area contributed by atoms with Gasteiger partial charge in [0.05, 0.1) is 24.7 Å². The Hall–Kier alpha value is -2.03. The van der Waals surface area contributed by atoms with Gasteiger partial charge in [-0.3, -0.25) is 9.59 Å². The van der Waals surface area contributed by atoms with Crippen LogP contribution in [0.1, 0.15) is 75.8 Å². The highest BCUT2D eigenvalue weighted by atomic mass is 35.5. The first-order valence-electron chi connectivity index (χ1n) is 15.0. The first-order valence-corrected chi connectivity index (χ1v) is 15.8. The first kappa shape index (κ1) is 30.0. The first-order chi connectivity index (χ1) is 20.0. The highest BCUT2D eigenvalue weighted by molar-refractivity contribution is 6.31. The number of hydrogen-bond donors (Lipinski definition) is 2. The van der Waals surface area contributed by atoms with Crippen LogP contribution in [0.25, 0.3) is 0 Å². The fraction of sp³-hybridized carbons (Fsp3) is 0.606. The number of aliphatic hydroxyl groups is 1. The number of benzene rings is 1. The Morgan fingerprint density at radius 2 is 1.93 bits per heavy atom. The molecule has 2 aliphatic carbocycles. The van der Waals surface area contributed by atoms with Crippen LogP contribution in [0.2, 0.25) is 10.2 Å². The van der Waals surface area contributed by atoms with E-state index in [2.05, 4.69) is 24.1 Å². The maximum absolute atomic E-state index is 14.6. The van der Waals surface area contributed by atoms with E-state index in [0.717, 1.165) is 42.5 Å². The van der Waals surface area contributed by atoms with Crippen LogP contribution in [0.5, 0.6) is 0 Å². The Morgan fingerprint density at radius 3 is 2.62 bits per heavy atom. The number of carbonyl (C=O) groups is 2. The largest absolute Gasteiger partial charge is 0.394 e. The van der Waals surface area contributed by atoms with Crippen molar-refractivity contribution in [2.24, 2.45) is 22.7 Å². The predicted octanol–water partition coefficient (Wildman–Crippen LogP) is 6.34. The molecule has 0 radical (unpaired) electrons. The highest BCUT2D eigenvalue weighted by Crippen LogP contribution is 2.72. The molecule has 4 aliphatic rings. The molecule has 6 rings (SSSR count). The van der Waals surface area contributed by atoms with Gasteiger partial charge in [-0.1, -0.05) is 43.1 Å². The second-order valence-electron chi connectivity index (χ2n) is 13.7. The molecule has 6 atom stereocenters. The van der Waals surface area contributed by atoms with E-state index in [-0.39, 0.29) is 41.8 Å². The number of fused-ring (bicyclic) bond motifs is 3. The molecule has 1 aromatic carbocycles. The summed E-state index contributed by atoms with van der Waals surface area (Å²) in [5, 5.41) is 13.8. The number of Topliss-reactive ketones (excluding diaryl/α,β-unsaturated/α-hetero) is 1. The van der Waals surface area contributed by atoms with Crippen LogP contribution in [-0.2, 0) is 24.5 Å². The lowest BCUT2D eigenvalue weighted by atomic mass is 9.51. The van der Waals surface area contributed by atoms with Crippen molar-refractivity contribution in [1.29, 1.82) is 0 Å². The van der Waals surface area contributed by atoms with Gasteiger partial charge in [0.1, 0.15) is 17.0 Å². The van der Waals surface area contributed by atoms with Gasteiger partial charge in [0, 0.05) is 42.3 Å². The molecule has 7 nitrogen and oxygen atoms in total. The number of anilines is 1. The third-order valence-corrected chi connectivity index (χ3v) is 11.4. The molecule has 2 aliphatic heterocycles. The topological polar surface area (TPSA) is 97.8 Å². The third kappa shape index (κ3) is 4.80. The average molecular weight is 616 g/mol. The van der Waals surface area contributed by atoms with E-state index in [4.69, 9.17) is 32.7 Å². The van der Waals surface area contributed by atoms with Crippen LogP contribution in [0.15, 0.2) is 36.5 Å². The molecular formula is C33H40Cl2N2O5. The lowest BCUT2D eigenvalue weighted by Crippen LogP contribution is -2.52. The number of ether oxygens (including phenoxy) is 2. The molecule has 3 heterocycles. The Balaban J connectivity index is 1.47. The number of aromatic nitrogens is 1. The normalized spacial score (nSPS) is 33.1. The summed E-state index contributed by atoms with van der Waals surface area (Å²) in [4.78, 5) is 33.4. The van der Waals surface area contributed by atoms with Gasteiger partial charge in [-0.25, -0.2) is 4.98 Å². The third-order valence-electron chi connectivity index (χ3n) is 10.9. The summed E-state index contributed by atoms with van der Waals surface area (Å²) in [5.74, 6) is -0.766. The average Bonchev–Trinajstić information content (AvgIpc) is 3.42. The zero-order valence-electron chi connectivity index (χ0n) is 24.5. The van der Waals surface area contributed by atoms with Gasteiger partial charge in [-0.2, -0.15) is 0 Å². The van der Waals surface area contributed by atoms with Gasteiger partial charge in [0.15, 0.2) is 0 Å². The maximum atomic E-state index is 14.6. The SMILES string of the molecule is CO[C@H]1C[C@@H](CC(=O)[C@@H]2CC3(CCC(C)(C)CC3)[C@@]3(C(=O)Nc4cc(Cl)ccc43)[C@H]2c2ccnc(Cl)c2)CO[C@@H]1CO. The Kier molecular flexibility index (Phi) is 7.97. The minimum Gasteiger partial charge on any atom is -0.394 e. The van der Waals surface area contributed by atoms with Crippen molar-refractivity contribution in [2.75, 3.05) is 25.6 Å². The quantitative estimate of drug-likeness (QED) is 0.368. The number of hydrogen-bond acceptors (Lipinski definition) is 6. The molecule has 226 valence electrons. The van der Waals surface area contributed by atoms with Crippen molar-refractivity contribution in [3.63, 3.8) is 0 Å². The number of nitrogens with one attached hydrogen (secondary N) is 1. The van der Waals surface area contributed by atoms with Crippen molar-refractivity contribution >= 4 is 40.6 Å². The lowest BCUT2D eigenvalue weighted by molar-refractivity contribution is -0.139. The van der Waals surface area contributed by atoms with Crippen molar-refractivity contribution in [3.05, 3.63) is 57.8 Å². The van der Waals surface area contributed by atoms with Crippen LogP contribution in [0, 0.1) is 22.7 Å². The fourth-order valence-corrected chi connectivity index (χ4v) is 9.14. The molecular weight excluding hydrogens is 575 g/mol. The summed E-state index contributed by atoms with van der Waals surface area (Å²) in [7, 11) is 1.61. The highest BCUT2D eigenvalue weighted by Gasteiger charge is 2.72. The van der Waals surface area contributed by atoms with E-state index in [0.29, 0.717) is 36.0 Å². The number of pyridine rings is 1. The van der Waals surface area contributed by atoms with Crippen LogP contribution in [-0.4, -0.2) is 54.3 Å². The minimum absolute atomic E-state index is 0.0341. The van der Waals surface area contributed by atoms with E-state index in [9.17, 15) is 14.7 Å². The second-order valence-corrected chi connectivity index (χ2v) is 14.5. The van der Waals surface area contributed by atoms with Crippen LogP contribution in [0.4, 0.5) is 5.69 Å². The lowest BCUT2D eigenvalue weighted by Gasteiger charge is -2.51. The monoisotopic (exact) mass is 614 g/mol. The van der Waals surface area contributed by atoms with Crippen LogP contribution < -0.4 is 5.32 Å². The van der Waals surface area contributed by atoms with E-state index in [1.807, 2.05) is 30.3 Å².